The Balaban J connectivity index is 1.61. The van der Waals surface area contributed by atoms with Crippen LogP contribution in [0.3, 0.4) is 0 Å². The van der Waals surface area contributed by atoms with E-state index in [0.717, 1.165) is 16.7 Å². The summed E-state index contributed by atoms with van der Waals surface area (Å²) >= 11 is 6.40. The van der Waals surface area contributed by atoms with Gasteiger partial charge in [-0.3, -0.25) is 9.36 Å². The van der Waals surface area contributed by atoms with Gasteiger partial charge in [-0.25, -0.2) is 13.4 Å². The Labute approximate surface area is 245 Å². The van der Waals surface area contributed by atoms with Gasteiger partial charge in [-0.1, -0.05) is 87.0 Å². The second-order valence-electron chi connectivity index (χ2n) is 11.1. The molecule has 0 radical (unpaired) electrons. The highest BCUT2D eigenvalue weighted by molar-refractivity contribution is 7.89. The summed E-state index contributed by atoms with van der Waals surface area (Å²) in [5.41, 5.74) is 3.51. The molecule has 0 saturated carbocycles. The highest BCUT2D eigenvalue weighted by atomic mass is 35.5. The normalized spacial score (nSPS) is 13.0. The molecule has 1 atom stereocenters. The van der Waals surface area contributed by atoms with Crippen molar-refractivity contribution in [1.82, 2.24) is 13.9 Å². The molecule has 0 fully saturated rings. The Hall–Kier alpha value is -3.78. The number of rotatable bonds is 6. The summed E-state index contributed by atoms with van der Waals surface area (Å²) in [6, 6.07) is 28.3. The molecule has 8 heteroatoms. The van der Waals surface area contributed by atoms with Gasteiger partial charge in [-0.2, -0.15) is 4.31 Å². The van der Waals surface area contributed by atoms with Gasteiger partial charge in [0.05, 0.1) is 27.5 Å². The van der Waals surface area contributed by atoms with Crippen LogP contribution in [0.2, 0.25) is 5.02 Å². The van der Waals surface area contributed by atoms with Crippen LogP contribution in [0.25, 0.3) is 27.7 Å². The van der Waals surface area contributed by atoms with Gasteiger partial charge in [-0.15, -0.1) is 0 Å². The van der Waals surface area contributed by atoms with Crippen molar-refractivity contribution in [3.63, 3.8) is 0 Å². The van der Waals surface area contributed by atoms with Crippen molar-refractivity contribution in [2.24, 2.45) is 0 Å². The van der Waals surface area contributed by atoms with Crippen molar-refractivity contribution < 1.29 is 8.42 Å². The van der Waals surface area contributed by atoms with Crippen LogP contribution in [-0.2, 0) is 15.4 Å². The maximum absolute atomic E-state index is 13.9. The smallest absolute Gasteiger partial charge is 0.266 e. The Bertz CT molecular complexity index is 1890. The van der Waals surface area contributed by atoms with Crippen LogP contribution in [0.15, 0.2) is 107 Å². The van der Waals surface area contributed by atoms with Crippen LogP contribution in [0, 0.1) is 0 Å². The third kappa shape index (κ3) is 5.45. The third-order valence-corrected chi connectivity index (χ3v) is 9.70. The van der Waals surface area contributed by atoms with Crippen LogP contribution in [0.5, 0.6) is 0 Å². The van der Waals surface area contributed by atoms with E-state index in [4.69, 9.17) is 16.6 Å². The zero-order valence-corrected chi connectivity index (χ0v) is 25.2. The van der Waals surface area contributed by atoms with E-state index >= 15 is 0 Å². The van der Waals surface area contributed by atoms with Gasteiger partial charge < -0.3 is 0 Å². The number of hydrogen-bond donors (Lipinski definition) is 0. The number of hydrogen-bond acceptors (Lipinski definition) is 4. The van der Waals surface area contributed by atoms with Gasteiger partial charge >= 0.3 is 0 Å². The number of halogens is 1. The molecule has 41 heavy (non-hydrogen) atoms. The molecule has 5 rings (SSSR count). The average molecular weight is 586 g/mol. The van der Waals surface area contributed by atoms with E-state index < -0.39 is 16.1 Å². The molecule has 0 spiro atoms. The standard InChI is InChI=1S/C33H32ClN3O3S/c1-22(36(5)41(39,40)26-20-16-24(17-21-26)33(2,3)4)31-35-30-13-9-7-11-28(30)32(38)37(31)25-18-14-23(15-19-25)27-10-6-8-12-29(27)34/h6-22H,1-5H3. The topological polar surface area (TPSA) is 72.3 Å². The van der Waals surface area contributed by atoms with Crippen LogP contribution < -0.4 is 5.56 Å². The number of aromatic nitrogens is 2. The molecule has 210 valence electrons. The minimum Gasteiger partial charge on any atom is -0.268 e. The first-order chi connectivity index (χ1) is 19.4. The van der Waals surface area contributed by atoms with Gasteiger partial charge in [0.2, 0.25) is 10.0 Å². The second kappa shape index (κ2) is 10.9. The molecule has 0 aliphatic rings. The molecular formula is C33H32ClN3O3S. The van der Waals surface area contributed by atoms with E-state index in [9.17, 15) is 13.2 Å². The maximum atomic E-state index is 13.9. The van der Waals surface area contributed by atoms with E-state index in [2.05, 4.69) is 20.8 Å². The van der Waals surface area contributed by atoms with Gasteiger partial charge in [0.1, 0.15) is 5.82 Å². The average Bonchev–Trinajstić information content (AvgIpc) is 2.96. The maximum Gasteiger partial charge on any atom is 0.266 e. The lowest BCUT2D eigenvalue weighted by Gasteiger charge is -2.27. The summed E-state index contributed by atoms with van der Waals surface area (Å²) in [4.78, 5) is 18.9. The van der Waals surface area contributed by atoms with Gasteiger partial charge in [0.25, 0.3) is 5.56 Å². The molecule has 0 N–H and O–H groups in total. The first-order valence-corrected chi connectivity index (χ1v) is 15.2. The minimum absolute atomic E-state index is 0.103. The lowest BCUT2D eigenvalue weighted by molar-refractivity contribution is 0.379. The fourth-order valence-corrected chi connectivity index (χ4v) is 6.40. The first kappa shape index (κ1) is 28.7. The number of sulfonamides is 1. The van der Waals surface area contributed by atoms with Crippen molar-refractivity contribution in [3.05, 3.63) is 124 Å². The molecule has 0 bridgehead atoms. The van der Waals surface area contributed by atoms with Crippen molar-refractivity contribution in [3.8, 4) is 16.8 Å². The summed E-state index contributed by atoms with van der Waals surface area (Å²) in [6.45, 7) is 7.98. The van der Waals surface area contributed by atoms with Crippen LogP contribution in [0.1, 0.15) is 45.1 Å². The Morgan fingerprint density at radius 3 is 2.10 bits per heavy atom. The van der Waals surface area contributed by atoms with Crippen molar-refractivity contribution in [2.45, 2.75) is 44.0 Å². The molecule has 4 aromatic carbocycles. The first-order valence-electron chi connectivity index (χ1n) is 13.4. The number of benzene rings is 4. The molecule has 0 saturated heterocycles. The largest absolute Gasteiger partial charge is 0.268 e. The zero-order valence-electron chi connectivity index (χ0n) is 23.7. The quantitative estimate of drug-likeness (QED) is 0.208. The third-order valence-electron chi connectivity index (χ3n) is 7.43. The molecule has 5 aromatic rings. The fourth-order valence-electron chi connectivity index (χ4n) is 4.83. The second-order valence-corrected chi connectivity index (χ2v) is 13.5. The predicted octanol–water partition coefficient (Wildman–Crippen LogP) is 7.39. The van der Waals surface area contributed by atoms with E-state index in [-0.39, 0.29) is 15.9 Å². The van der Waals surface area contributed by atoms with Gasteiger partial charge in [0.15, 0.2) is 0 Å². The van der Waals surface area contributed by atoms with Crippen molar-refractivity contribution in [1.29, 1.82) is 0 Å². The van der Waals surface area contributed by atoms with Crippen LogP contribution in [0.4, 0.5) is 0 Å². The summed E-state index contributed by atoms with van der Waals surface area (Å²) < 4.78 is 30.2. The van der Waals surface area contributed by atoms with Gasteiger partial charge in [0, 0.05) is 17.6 Å². The lowest BCUT2D eigenvalue weighted by atomic mass is 9.87. The Morgan fingerprint density at radius 1 is 0.854 bits per heavy atom. The molecule has 6 nitrogen and oxygen atoms in total. The predicted molar refractivity (Wildman–Crippen MR) is 166 cm³/mol. The van der Waals surface area contributed by atoms with Crippen LogP contribution >= 0.6 is 11.6 Å². The Morgan fingerprint density at radius 2 is 1.46 bits per heavy atom. The summed E-state index contributed by atoms with van der Waals surface area (Å²) in [6.07, 6.45) is 0. The lowest BCUT2D eigenvalue weighted by Crippen LogP contribution is -2.35. The van der Waals surface area contributed by atoms with Crippen molar-refractivity contribution in [2.75, 3.05) is 7.05 Å². The van der Waals surface area contributed by atoms with Crippen LogP contribution in [-0.4, -0.2) is 29.3 Å². The van der Waals surface area contributed by atoms with Crippen molar-refractivity contribution >= 4 is 32.5 Å². The molecule has 0 amide bonds. The van der Waals surface area contributed by atoms with E-state index in [0.29, 0.717) is 27.4 Å². The molecule has 1 unspecified atom stereocenters. The molecule has 1 aromatic heterocycles. The summed E-state index contributed by atoms with van der Waals surface area (Å²) in [5, 5.41) is 1.07. The molecule has 0 aliphatic heterocycles. The monoisotopic (exact) mass is 585 g/mol. The molecule has 1 heterocycles. The number of fused-ring (bicyclic) bond motifs is 1. The Kier molecular flexibility index (Phi) is 7.64. The van der Waals surface area contributed by atoms with Gasteiger partial charge in [-0.05, 0) is 65.9 Å². The molecule has 0 aliphatic carbocycles. The highest BCUT2D eigenvalue weighted by Crippen LogP contribution is 2.31. The summed E-state index contributed by atoms with van der Waals surface area (Å²) in [5.74, 6) is 0.316. The highest BCUT2D eigenvalue weighted by Gasteiger charge is 2.30. The fraction of sp³-hybridized carbons (Fsp3) is 0.212. The number of nitrogens with zero attached hydrogens (tertiary/aromatic N) is 3. The van der Waals surface area contributed by atoms with E-state index in [1.807, 2.05) is 66.7 Å². The SMILES string of the molecule is CC(c1nc2ccccc2c(=O)n1-c1ccc(-c2ccccc2Cl)cc1)N(C)S(=O)(=O)c1ccc(C(C)(C)C)cc1. The molecular weight excluding hydrogens is 554 g/mol. The zero-order chi connectivity index (χ0) is 29.5. The number of para-hydroxylation sites is 1. The minimum atomic E-state index is -3.90. The van der Waals surface area contributed by atoms with E-state index in [1.165, 1.54) is 15.9 Å². The summed E-state index contributed by atoms with van der Waals surface area (Å²) in [7, 11) is -2.38. The van der Waals surface area contributed by atoms with E-state index in [1.54, 1.807) is 37.3 Å².